The smallest absolute Gasteiger partial charge is 0.00554 e. The van der Waals surface area contributed by atoms with Crippen LogP contribution in [0.5, 0.6) is 0 Å². The van der Waals surface area contributed by atoms with Gasteiger partial charge in [0.25, 0.3) is 0 Å². The van der Waals surface area contributed by atoms with E-state index in [1.807, 2.05) is 0 Å². The van der Waals surface area contributed by atoms with E-state index >= 15 is 0 Å². The Labute approximate surface area is 162 Å². The maximum absolute atomic E-state index is 1.75. The monoisotopic (exact) mass is 370 g/mol. The number of hydrogen-bond acceptors (Lipinski definition) is 0. The first-order chi connectivity index (χ1) is 12.7. The van der Waals surface area contributed by atoms with Crippen molar-refractivity contribution in [1.29, 1.82) is 0 Å². The molecule has 9 aliphatic rings. The van der Waals surface area contributed by atoms with Crippen molar-refractivity contribution < 1.29 is 0 Å². The van der Waals surface area contributed by atoms with Gasteiger partial charge in [-0.2, -0.15) is 0 Å². The molecule has 0 N–H and O–H groups in total. The van der Waals surface area contributed by atoms with E-state index in [1.165, 1.54) is 35.5 Å². The Kier molecular flexibility index (Phi) is 3.45. The van der Waals surface area contributed by atoms with Gasteiger partial charge in [-0.1, -0.05) is 40.0 Å². The standard InChI is InChI=1S/C25H39P/c1-2-4-17(5-3-1)16-26(25-14-21-9-23(25)10-22(21)15-25)24-11-18-6-19(12-24)8-20(7-18)13-24/h17-23H,1-16H2. The Morgan fingerprint density at radius 1 is 0.654 bits per heavy atom. The predicted octanol–water partition coefficient (Wildman–Crippen LogP) is 7.21. The molecule has 26 heavy (non-hydrogen) atoms. The molecule has 0 aliphatic heterocycles. The van der Waals surface area contributed by atoms with Crippen LogP contribution in [0.4, 0.5) is 0 Å². The lowest BCUT2D eigenvalue weighted by Crippen LogP contribution is -2.53. The molecular weight excluding hydrogens is 331 g/mol. The van der Waals surface area contributed by atoms with Gasteiger partial charge in [0.1, 0.15) is 0 Å². The summed E-state index contributed by atoms with van der Waals surface area (Å²) in [5.41, 5.74) is 0. The highest BCUT2D eigenvalue weighted by molar-refractivity contribution is 7.61. The van der Waals surface area contributed by atoms with E-state index in [9.17, 15) is 0 Å². The van der Waals surface area contributed by atoms with Gasteiger partial charge in [-0.05, 0) is 122 Å². The Morgan fingerprint density at radius 3 is 1.73 bits per heavy atom. The average molecular weight is 371 g/mol. The van der Waals surface area contributed by atoms with E-state index in [0.29, 0.717) is 7.92 Å². The highest BCUT2D eigenvalue weighted by Crippen LogP contribution is 2.84. The fourth-order valence-electron chi connectivity index (χ4n) is 10.8. The molecule has 3 unspecified atom stereocenters. The molecule has 0 amide bonds. The molecule has 0 aromatic heterocycles. The molecule has 0 heterocycles. The number of hydrogen-bond donors (Lipinski definition) is 0. The highest BCUT2D eigenvalue weighted by atomic mass is 31.1. The molecule has 9 fully saturated rings. The molecule has 8 bridgehead atoms. The molecule has 0 nitrogen and oxygen atoms in total. The van der Waals surface area contributed by atoms with Gasteiger partial charge >= 0.3 is 0 Å². The van der Waals surface area contributed by atoms with Crippen LogP contribution in [0, 0.1) is 41.4 Å². The van der Waals surface area contributed by atoms with Gasteiger partial charge in [0.05, 0.1) is 0 Å². The summed E-state index contributed by atoms with van der Waals surface area (Å²) < 4.78 is 0. The maximum atomic E-state index is 1.75. The van der Waals surface area contributed by atoms with Crippen LogP contribution in [0.2, 0.25) is 0 Å². The summed E-state index contributed by atoms with van der Waals surface area (Å²) in [7, 11) is 0.301. The van der Waals surface area contributed by atoms with Crippen molar-refractivity contribution in [1.82, 2.24) is 0 Å². The summed E-state index contributed by atoms with van der Waals surface area (Å²) >= 11 is 0. The van der Waals surface area contributed by atoms with Crippen LogP contribution in [-0.2, 0) is 0 Å². The van der Waals surface area contributed by atoms with Gasteiger partial charge in [-0.25, -0.2) is 0 Å². The summed E-state index contributed by atoms with van der Waals surface area (Å²) in [6, 6.07) is 0. The van der Waals surface area contributed by atoms with Crippen LogP contribution in [0.25, 0.3) is 0 Å². The zero-order chi connectivity index (χ0) is 16.9. The maximum Gasteiger partial charge on any atom is -0.00554 e. The van der Waals surface area contributed by atoms with E-state index in [4.69, 9.17) is 0 Å². The summed E-state index contributed by atoms with van der Waals surface area (Å²) in [5, 5.41) is 1.82. The molecule has 0 aromatic rings. The second-order valence-corrected chi connectivity index (χ2v) is 15.5. The van der Waals surface area contributed by atoms with E-state index in [0.717, 1.165) is 16.2 Å². The van der Waals surface area contributed by atoms with Crippen molar-refractivity contribution >= 4 is 7.92 Å². The number of rotatable bonds is 4. The Bertz CT molecular complexity index is 538. The van der Waals surface area contributed by atoms with Crippen LogP contribution >= 0.6 is 7.92 Å². The predicted molar refractivity (Wildman–Crippen MR) is 111 cm³/mol. The van der Waals surface area contributed by atoms with E-state index in [1.54, 1.807) is 102 Å². The second kappa shape index (κ2) is 5.52. The van der Waals surface area contributed by atoms with Gasteiger partial charge in [0.2, 0.25) is 0 Å². The lowest BCUT2D eigenvalue weighted by Gasteiger charge is -2.63. The molecule has 0 radical (unpaired) electrons. The third-order valence-corrected chi connectivity index (χ3v) is 15.5. The summed E-state index contributed by atoms with van der Waals surface area (Å²) in [6.07, 6.45) is 26.5. The lowest BCUT2D eigenvalue weighted by molar-refractivity contribution is 0.0341. The van der Waals surface area contributed by atoms with Gasteiger partial charge < -0.3 is 0 Å². The van der Waals surface area contributed by atoms with E-state index in [-0.39, 0.29) is 0 Å². The fourth-order valence-corrected chi connectivity index (χ4v) is 16.4. The van der Waals surface area contributed by atoms with Crippen LogP contribution in [0.15, 0.2) is 0 Å². The zero-order valence-corrected chi connectivity index (χ0v) is 17.7. The van der Waals surface area contributed by atoms with E-state index in [2.05, 4.69) is 0 Å². The van der Waals surface area contributed by atoms with Crippen LogP contribution in [0.3, 0.4) is 0 Å². The van der Waals surface area contributed by atoms with Crippen molar-refractivity contribution in [2.45, 2.75) is 107 Å². The molecule has 144 valence electrons. The molecule has 9 saturated carbocycles. The molecule has 9 aliphatic carbocycles. The minimum atomic E-state index is 0.301. The largest absolute Gasteiger partial charge is 0.0934 e. The van der Waals surface area contributed by atoms with Crippen LogP contribution in [-0.4, -0.2) is 16.5 Å². The zero-order valence-electron chi connectivity index (χ0n) is 16.8. The first-order valence-electron chi connectivity index (χ1n) is 12.5. The third kappa shape index (κ3) is 2.13. The topological polar surface area (TPSA) is 0 Å². The average Bonchev–Trinajstić information content (AvgIpc) is 3.34. The first-order valence-corrected chi connectivity index (χ1v) is 14.0. The normalized spacial score (nSPS) is 58.2. The lowest BCUT2D eigenvalue weighted by atomic mass is 9.56. The second-order valence-electron chi connectivity index (χ2n) is 12.5. The van der Waals surface area contributed by atoms with Crippen LogP contribution < -0.4 is 0 Å². The van der Waals surface area contributed by atoms with E-state index < -0.39 is 0 Å². The Hall–Kier alpha value is 0.430. The van der Waals surface area contributed by atoms with Gasteiger partial charge in [-0.3, -0.25) is 0 Å². The summed E-state index contributed by atoms with van der Waals surface area (Å²) in [5.74, 6) is 8.26. The van der Waals surface area contributed by atoms with Gasteiger partial charge in [0, 0.05) is 0 Å². The summed E-state index contributed by atoms with van der Waals surface area (Å²) in [6.45, 7) is 0. The molecule has 0 saturated heterocycles. The molecule has 0 aromatic carbocycles. The van der Waals surface area contributed by atoms with Gasteiger partial charge in [-0.15, -0.1) is 0 Å². The van der Waals surface area contributed by atoms with Gasteiger partial charge in [0.15, 0.2) is 0 Å². The minimum Gasteiger partial charge on any atom is -0.0934 e. The quantitative estimate of drug-likeness (QED) is 0.459. The van der Waals surface area contributed by atoms with Crippen molar-refractivity contribution in [2.75, 3.05) is 6.16 Å². The van der Waals surface area contributed by atoms with Crippen LogP contribution in [0.1, 0.15) is 96.3 Å². The van der Waals surface area contributed by atoms with Crippen molar-refractivity contribution in [3.63, 3.8) is 0 Å². The summed E-state index contributed by atoms with van der Waals surface area (Å²) in [4.78, 5) is 0. The van der Waals surface area contributed by atoms with Crippen molar-refractivity contribution in [3.05, 3.63) is 0 Å². The molecule has 9 rings (SSSR count). The molecule has 0 spiro atoms. The van der Waals surface area contributed by atoms with Crippen molar-refractivity contribution in [2.24, 2.45) is 41.4 Å². The Morgan fingerprint density at radius 2 is 1.23 bits per heavy atom. The molecule has 3 atom stereocenters. The molecule has 1 heteroatoms. The minimum absolute atomic E-state index is 0.301. The molecular formula is C25H39P. The van der Waals surface area contributed by atoms with Crippen molar-refractivity contribution in [3.8, 4) is 0 Å². The fraction of sp³-hybridized carbons (Fsp3) is 1.00. The SMILES string of the molecule is C1CCC(CP(C23CC4CC(CC(C4)C2)C3)C23CC4CC2CC4C3)CC1. The Balaban J connectivity index is 1.27. The first kappa shape index (κ1) is 16.3. The third-order valence-electron chi connectivity index (χ3n) is 11.1. The highest BCUT2D eigenvalue weighted by Gasteiger charge is 2.69.